The minimum Gasteiger partial charge on any atom is -0.470 e. The number of halogens is 1. The molecule has 0 aliphatic carbocycles. The summed E-state index contributed by atoms with van der Waals surface area (Å²) >= 11 is 5.91. The van der Waals surface area contributed by atoms with E-state index in [1.54, 1.807) is 34.1 Å². The highest BCUT2D eigenvalue weighted by Gasteiger charge is 2.39. The zero-order valence-electron chi connectivity index (χ0n) is 15.5. The third-order valence-electron chi connectivity index (χ3n) is 5.12. The number of anilines is 1. The fourth-order valence-corrected chi connectivity index (χ4v) is 3.80. The van der Waals surface area contributed by atoms with Gasteiger partial charge in [0.25, 0.3) is 5.88 Å². The van der Waals surface area contributed by atoms with Gasteiger partial charge in [-0.15, -0.1) is 0 Å². The smallest absolute Gasteiger partial charge is 0.251 e. The molecule has 8 nitrogen and oxygen atoms in total. The molecule has 29 heavy (non-hydrogen) atoms. The van der Waals surface area contributed by atoms with Crippen molar-refractivity contribution in [1.82, 2.24) is 14.9 Å². The van der Waals surface area contributed by atoms with Crippen molar-refractivity contribution in [1.29, 1.82) is 5.26 Å². The van der Waals surface area contributed by atoms with Crippen molar-refractivity contribution >= 4 is 29.1 Å². The van der Waals surface area contributed by atoms with Crippen LogP contribution in [-0.4, -0.2) is 52.4 Å². The van der Waals surface area contributed by atoms with Gasteiger partial charge in [0.15, 0.2) is 0 Å². The molecule has 0 radical (unpaired) electrons. The average Bonchev–Trinajstić information content (AvgIpc) is 3.35. The van der Waals surface area contributed by atoms with Gasteiger partial charge in [-0.05, 0) is 24.3 Å². The van der Waals surface area contributed by atoms with Crippen LogP contribution >= 0.6 is 11.6 Å². The molecule has 4 rings (SSSR count). The zero-order chi connectivity index (χ0) is 20.4. The van der Waals surface area contributed by atoms with E-state index in [0.29, 0.717) is 31.1 Å². The molecule has 148 valence electrons. The molecule has 0 spiro atoms. The Morgan fingerprint density at radius 1 is 1.21 bits per heavy atom. The molecule has 2 aliphatic heterocycles. The van der Waals surface area contributed by atoms with E-state index < -0.39 is 0 Å². The molecule has 0 saturated carbocycles. The summed E-state index contributed by atoms with van der Waals surface area (Å²) in [5.41, 5.74) is 0.862. The van der Waals surface area contributed by atoms with Crippen molar-refractivity contribution in [3.63, 3.8) is 0 Å². The number of aromatic nitrogens is 2. The Hall–Kier alpha value is -3.18. The molecular weight excluding hydrogens is 394 g/mol. The lowest BCUT2D eigenvalue weighted by atomic mass is 10.1. The van der Waals surface area contributed by atoms with Gasteiger partial charge in [-0.1, -0.05) is 11.6 Å². The minimum absolute atomic E-state index is 0.0550. The molecule has 2 atom stereocenters. The normalized spacial score (nSPS) is 21.3. The van der Waals surface area contributed by atoms with Crippen LogP contribution in [0.1, 0.15) is 18.5 Å². The van der Waals surface area contributed by atoms with E-state index in [9.17, 15) is 9.59 Å². The Bertz CT molecular complexity index is 975. The van der Waals surface area contributed by atoms with Crippen LogP contribution in [0.15, 0.2) is 36.7 Å². The predicted molar refractivity (Wildman–Crippen MR) is 104 cm³/mol. The number of benzene rings is 1. The van der Waals surface area contributed by atoms with Crippen LogP contribution in [0.5, 0.6) is 5.88 Å². The van der Waals surface area contributed by atoms with E-state index in [2.05, 4.69) is 9.97 Å². The maximum Gasteiger partial charge on any atom is 0.251 e. The lowest BCUT2D eigenvalue weighted by Gasteiger charge is -2.21. The summed E-state index contributed by atoms with van der Waals surface area (Å²) < 4.78 is 5.78. The van der Waals surface area contributed by atoms with E-state index in [1.165, 1.54) is 12.4 Å². The van der Waals surface area contributed by atoms with Crippen molar-refractivity contribution in [3.05, 3.63) is 47.4 Å². The quantitative estimate of drug-likeness (QED) is 0.763. The molecule has 2 saturated heterocycles. The summed E-state index contributed by atoms with van der Waals surface area (Å²) in [7, 11) is 0. The molecule has 2 aromatic rings. The molecule has 2 unspecified atom stereocenters. The van der Waals surface area contributed by atoms with Crippen molar-refractivity contribution in [2.24, 2.45) is 5.92 Å². The molecule has 2 aliphatic rings. The molecular formula is C20H18ClN5O3. The Morgan fingerprint density at radius 3 is 2.72 bits per heavy atom. The molecule has 3 heterocycles. The lowest BCUT2D eigenvalue weighted by molar-refractivity contribution is -0.135. The van der Waals surface area contributed by atoms with Crippen molar-refractivity contribution in [2.45, 2.75) is 18.9 Å². The molecule has 2 amide bonds. The molecule has 9 heteroatoms. The summed E-state index contributed by atoms with van der Waals surface area (Å²) in [6.07, 6.45) is 3.46. The summed E-state index contributed by atoms with van der Waals surface area (Å²) in [5.74, 6) is -0.334. The number of likely N-dealkylation sites (tertiary alicyclic amines) is 1. The second-order valence-electron chi connectivity index (χ2n) is 7.02. The second-order valence-corrected chi connectivity index (χ2v) is 7.45. The number of nitriles is 1. The van der Waals surface area contributed by atoms with Gasteiger partial charge in [0.05, 0.1) is 12.5 Å². The van der Waals surface area contributed by atoms with Crippen LogP contribution in [0.25, 0.3) is 0 Å². The van der Waals surface area contributed by atoms with Crippen LogP contribution in [0.3, 0.4) is 0 Å². The highest BCUT2D eigenvalue weighted by molar-refractivity contribution is 6.30. The Kier molecular flexibility index (Phi) is 5.32. The van der Waals surface area contributed by atoms with Crippen molar-refractivity contribution in [2.75, 3.05) is 24.5 Å². The number of carbonyl (C=O) groups excluding carboxylic acids is 2. The van der Waals surface area contributed by atoms with Gasteiger partial charge in [0, 0.05) is 49.0 Å². The predicted octanol–water partition coefficient (Wildman–Crippen LogP) is 2.03. The molecule has 1 aromatic heterocycles. The summed E-state index contributed by atoms with van der Waals surface area (Å²) in [6.45, 7) is 1.28. The van der Waals surface area contributed by atoms with Crippen molar-refractivity contribution in [3.8, 4) is 11.9 Å². The second kappa shape index (κ2) is 8.05. The van der Waals surface area contributed by atoms with Crippen LogP contribution in [0.2, 0.25) is 5.02 Å². The molecule has 0 N–H and O–H groups in total. The number of amides is 2. The third kappa shape index (κ3) is 4.00. The first-order valence-corrected chi connectivity index (χ1v) is 9.65. The van der Waals surface area contributed by atoms with E-state index in [-0.39, 0.29) is 41.8 Å². The van der Waals surface area contributed by atoms with E-state index in [0.717, 1.165) is 5.69 Å². The maximum atomic E-state index is 12.9. The fraction of sp³-hybridized carbons (Fsp3) is 0.350. The molecule has 1 aromatic carbocycles. The van der Waals surface area contributed by atoms with Crippen LogP contribution in [-0.2, 0) is 9.59 Å². The number of hydrogen-bond donors (Lipinski definition) is 0. The number of carbonyl (C=O) groups is 2. The van der Waals surface area contributed by atoms with Crippen LogP contribution < -0.4 is 9.64 Å². The van der Waals surface area contributed by atoms with Crippen LogP contribution in [0, 0.1) is 17.2 Å². The summed E-state index contributed by atoms with van der Waals surface area (Å²) in [6, 6.07) is 8.95. The van der Waals surface area contributed by atoms with Crippen molar-refractivity contribution < 1.29 is 14.3 Å². The highest BCUT2D eigenvalue weighted by Crippen LogP contribution is 2.28. The highest BCUT2D eigenvalue weighted by atomic mass is 35.5. The van der Waals surface area contributed by atoms with E-state index in [4.69, 9.17) is 21.6 Å². The number of ether oxygens (including phenoxy) is 1. The standard InChI is InChI=1S/C20H18ClN5O3/c21-14-1-3-15(4-2-14)26-11-13(9-18(26)27)20(28)25-8-5-16(12-25)29-19-17(10-22)23-6-7-24-19/h1-4,6-7,13,16H,5,8-9,11-12H2. The van der Waals surface area contributed by atoms with Gasteiger partial charge in [-0.25, -0.2) is 9.97 Å². The monoisotopic (exact) mass is 411 g/mol. The first-order valence-electron chi connectivity index (χ1n) is 9.27. The van der Waals surface area contributed by atoms with Gasteiger partial charge in [0.2, 0.25) is 17.5 Å². The Morgan fingerprint density at radius 2 is 1.97 bits per heavy atom. The molecule has 0 bridgehead atoms. The first kappa shape index (κ1) is 19.2. The van der Waals surface area contributed by atoms with Gasteiger partial charge >= 0.3 is 0 Å². The van der Waals surface area contributed by atoms with Gasteiger partial charge < -0.3 is 14.5 Å². The number of nitrogens with zero attached hydrogens (tertiary/aromatic N) is 5. The number of rotatable bonds is 4. The maximum absolute atomic E-state index is 12.9. The topological polar surface area (TPSA) is 99.4 Å². The van der Waals surface area contributed by atoms with Gasteiger partial charge in [-0.2, -0.15) is 5.26 Å². The Balaban J connectivity index is 1.37. The van der Waals surface area contributed by atoms with E-state index >= 15 is 0 Å². The van der Waals surface area contributed by atoms with Crippen LogP contribution in [0.4, 0.5) is 5.69 Å². The zero-order valence-corrected chi connectivity index (χ0v) is 16.2. The first-order chi connectivity index (χ1) is 14.0. The van der Waals surface area contributed by atoms with E-state index in [1.807, 2.05) is 6.07 Å². The fourth-order valence-electron chi connectivity index (χ4n) is 3.67. The van der Waals surface area contributed by atoms with Gasteiger partial charge in [0.1, 0.15) is 12.2 Å². The minimum atomic E-state index is -0.386. The summed E-state index contributed by atoms with van der Waals surface area (Å²) in [4.78, 5) is 36.7. The lowest BCUT2D eigenvalue weighted by Crippen LogP contribution is -2.37. The molecule has 2 fully saturated rings. The largest absolute Gasteiger partial charge is 0.470 e. The number of hydrogen-bond acceptors (Lipinski definition) is 6. The van der Waals surface area contributed by atoms with Gasteiger partial charge in [-0.3, -0.25) is 9.59 Å². The summed E-state index contributed by atoms with van der Waals surface area (Å²) in [5, 5.41) is 9.69. The third-order valence-corrected chi connectivity index (χ3v) is 5.37. The average molecular weight is 412 g/mol. The SMILES string of the molecule is N#Cc1nccnc1OC1CCN(C(=O)C2CC(=O)N(c3ccc(Cl)cc3)C2)C1. The Labute approximate surface area is 172 Å².